The normalized spacial score (nSPS) is 11.8. The number of nitrogens with zero attached hydrogens (tertiary/aromatic N) is 2. The lowest BCUT2D eigenvalue weighted by Gasteiger charge is -2.05. The third kappa shape index (κ3) is 4.26. The highest BCUT2D eigenvalue weighted by Gasteiger charge is 2.18. The van der Waals surface area contributed by atoms with Gasteiger partial charge in [-0.1, -0.05) is 23.2 Å². The van der Waals surface area contributed by atoms with Crippen LogP contribution in [-0.4, -0.2) is 29.2 Å². The van der Waals surface area contributed by atoms with Gasteiger partial charge in [0.05, 0.1) is 15.7 Å². The zero-order valence-corrected chi connectivity index (χ0v) is 14.8. The maximum Gasteiger partial charge on any atom is 0.339 e. The Hall–Kier alpha value is -2.20. The zero-order valence-electron chi connectivity index (χ0n) is 12.4. The largest absolute Gasteiger partial charge is 0.507 e. The third-order valence-electron chi connectivity index (χ3n) is 3.07. The van der Waals surface area contributed by atoms with E-state index >= 15 is 0 Å². The van der Waals surface area contributed by atoms with Gasteiger partial charge in [-0.25, -0.2) is 4.79 Å². The summed E-state index contributed by atoms with van der Waals surface area (Å²) in [7, 11) is -4.55. The van der Waals surface area contributed by atoms with Gasteiger partial charge < -0.3 is 10.2 Å². The molecule has 2 aromatic carbocycles. The number of carboxylic acids is 1. The van der Waals surface area contributed by atoms with Crippen molar-refractivity contribution in [3.8, 4) is 5.75 Å². The van der Waals surface area contributed by atoms with Gasteiger partial charge in [-0.3, -0.25) is 4.55 Å². The fourth-order valence-electron chi connectivity index (χ4n) is 1.89. The van der Waals surface area contributed by atoms with Crippen LogP contribution < -0.4 is 0 Å². The summed E-state index contributed by atoms with van der Waals surface area (Å²) in [6, 6.07) is 4.50. The molecule has 0 saturated heterocycles. The maximum absolute atomic E-state index is 11.1. The number of carboxylic acid groups (broad SMARTS) is 1. The molecule has 0 aliphatic rings. The summed E-state index contributed by atoms with van der Waals surface area (Å²) in [6.07, 6.45) is 0. The molecule has 0 aromatic heterocycles. The van der Waals surface area contributed by atoms with Crippen molar-refractivity contribution in [3.05, 3.63) is 45.4 Å². The molecular formula is C14H10Cl2N2O6S. The number of azo groups is 1. The van der Waals surface area contributed by atoms with Crippen molar-refractivity contribution in [3.63, 3.8) is 0 Å². The van der Waals surface area contributed by atoms with E-state index in [-0.39, 0.29) is 38.3 Å². The first-order valence-electron chi connectivity index (χ1n) is 6.46. The van der Waals surface area contributed by atoms with Crippen molar-refractivity contribution in [1.29, 1.82) is 0 Å². The fourth-order valence-corrected chi connectivity index (χ4v) is 3.17. The summed E-state index contributed by atoms with van der Waals surface area (Å²) >= 11 is 11.7. The highest BCUT2D eigenvalue weighted by Crippen LogP contribution is 2.35. The Kier molecular flexibility index (Phi) is 5.33. The van der Waals surface area contributed by atoms with Gasteiger partial charge >= 0.3 is 5.97 Å². The zero-order chi connectivity index (χ0) is 18.9. The Bertz CT molecular complexity index is 1000. The maximum atomic E-state index is 11.1. The number of phenols is 1. The number of halogens is 2. The second-order valence-corrected chi connectivity index (χ2v) is 7.08. The lowest BCUT2D eigenvalue weighted by atomic mass is 10.1. The number of aryl methyl sites for hydroxylation is 1. The molecule has 11 heteroatoms. The van der Waals surface area contributed by atoms with Crippen LogP contribution in [0.3, 0.4) is 0 Å². The van der Waals surface area contributed by atoms with Gasteiger partial charge in [-0.15, -0.1) is 5.11 Å². The van der Waals surface area contributed by atoms with Gasteiger partial charge in [-0.05, 0) is 36.8 Å². The molecule has 3 N–H and O–H groups in total. The molecule has 0 aliphatic heterocycles. The van der Waals surface area contributed by atoms with Crippen LogP contribution >= 0.6 is 23.2 Å². The van der Waals surface area contributed by atoms with E-state index in [0.717, 1.165) is 18.2 Å². The summed E-state index contributed by atoms with van der Waals surface area (Å²) in [4.78, 5) is 10.5. The minimum atomic E-state index is -4.55. The summed E-state index contributed by atoms with van der Waals surface area (Å²) in [5, 5.41) is 25.9. The predicted molar refractivity (Wildman–Crippen MR) is 90.3 cm³/mol. The van der Waals surface area contributed by atoms with E-state index in [4.69, 9.17) is 32.9 Å². The Labute approximate surface area is 152 Å². The molecule has 2 aromatic rings. The molecule has 25 heavy (non-hydrogen) atoms. The quantitative estimate of drug-likeness (QED) is 0.510. The van der Waals surface area contributed by atoms with E-state index in [0.29, 0.717) is 0 Å². The van der Waals surface area contributed by atoms with E-state index in [2.05, 4.69) is 10.2 Å². The topological polar surface area (TPSA) is 137 Å². The molecule has 0 aliphatic carbocycles. The van der Waals surface area contributed by atoms with Gasteiger partial charge in [0.15, 0.2) is 0 Å². The molecule has 8 nitrogen and oxygen atoms in total. The molecule has 0 atom stereocenters. The number of aromatic carboxylic acids is 1. The molecule has 132 valence electrons. The number of aromatic hydroxyl groups is 1. The van der Waals surface area contributed by atoms with Crippen LogP contribution in [0, 0.1) is 6.92 Å². The standard InChI is InChI=1S/C14H10Cl2N2O6S/c1-6-2-7(3-8(13(6)19)14(20)21)17-18-11-4-10(16)12(5-9(11)15)25(22,23)24/h2-5,19H,1H3,(H,20,21)(H,22,23,24). The van der Waals surface area contributed by atoms with Crippen molar-refractivity contribution in [2.24, 2.45) is 10.2 Å². The van der Waals surface area contributed by atoms with Crippen LogP contribution in [0.2, 0.25) is 10.0 Å². The van der Waals surface area contributed by atoms with Crippen LogP contribution in [0.15, 0.2) is 39.4 Å². The second-order valence-electron chi connectivity index (χ2n) is 4.87. The van der Waals surface area contributed by atoms with Gasteiger partial charge in [-0.2, -0.15) is 13.5 Å². The Morgan fingerprint density at radius 1 is 1.08 bits per heavy atom. The minimum Gasteiger partial charge on any atom is -0.507 e. The minimum absolute atomic E-state index is 0.00155. The first-order valence-corrected chi connectivity index (χ1v) is 8.65. The molecule has 2 rings (SSSR count). The van der Waals surface area contributed by atoms with Crippen molar-refractivity contribution >= 4 is 50.7 Å². The van der Waals surface area contributed by atoms with E-state index in [1.54, 1.807) is 0 Å². The van der Waals surface area contributed by atoms with Crippen LogP contribution in [0.25, 0.3) is 0 Å². The smallest absolute Gasteiger partial charge is 0.339 e. The first-order chi connectivity index (χ1) is 11.5. The fraction of sp³-hybridized carbons (Fsp3) is 0.0714. The van der Waals surface area contributed by atoms with Crippen molar-refractivity contribution < 1.29 is 28.0 Å². The van der Waals surface area contributed by atoms with Gasteiger partial charge in [0.2, 0.25) is 0 Å². The molecule has 0 saturated carbocycles. The van der Waals surface area contributed by atoms with Crippen molar-refractivity contribution in [1.82, 2.24) is 0 Å². The lowest BCUT2D eigenvalue weighted by molar-refractivity contribution is 0.0693. The van der Waals surface area contributed by atoms with Crippen LogP contribution in [0.5, 0.6) is 5.75 Å². The summed E-state index contributed by atoms with van der Waals surface area (Å²) < 4.78 is 31.3. The summed E-state index contributed by atoms with van der Waals surface area (Å²) in [5.74, 6) is -1.72. The van der Waals surface area contributed by atoms with E-state index in [1.165, 1.54) is 13.0 Å². The third-order valence-corrected chi connectivity index (χ3v) is 4.69. The predicted octanol–water partition coefficient (Wildman–Crippen LogP) is 4.37. The molecule has 0 spiro atoms. The molecule has 0 bridgehead atoms. The number of carbonyl (C=O) groups is 1. The number of hydrogen-bond acceptors (Lipinski definition) is 6. The van der Waals surface area contributed by atoms with Crippen molar-refractivity contribution in [2.45, 2.75) is 11.8 Å². The summed E-state index contributed by atoms with van der Waals surface area (Å²) in [6.45, 7) is 1.49. The first kappa shape index (κ1) is 19.1. The number of rotatable bonds is 4. The number of benzene rings is 2. The molecule has 0 radical (unpaired) electrons. The highest BCUT2D eigenvalue weighted by atomic mass is 35.5. The van der Waals surface area contributed by atoms with Crippen molar-refractivity contribution in [2.75, 3.05) is 0 Å². The van der Waals surface area contributed by atoms with Gasteiger partial charge in [0, 0.05) is 0 Å². The van der Waals surface area contributed by atoms with E-state index in [1.807, 2.05) is 0 Å². The van der Waals surface area contributed by atoms with Crippen LogP contribution in [0.1, 0.15) is 15.9 Å². The van der Waals surface area contributed by atoms with Gasteiger partial charge in [0.1, 0.15) is 21.9 Å². The highest BCUT2D eigenvalue weighted by molar-refractivity contribution is 7.86. The Balaban J connectivity index is 2.47. The molecule has 0 amide bonds. The van der Waals surface area contributed by atoms with Crippen LogP contribution in [-0.2, 0) is 10.1 Å². The average Bonchev–Trinajstić information content (AvgIpc) is 2.49. The molecular weight excluding hydrogens is 395 g/mol. The van der Waals surface area contributed by atoms with E-state index in [9.17, 15) is 18.3 Å². The SMILES string of the molecule is Cc1cc(N=Nc2cc(Cl)c(S(=O)(=O)O)cc2Cl)cc(C(=O)O)c1O. The second kappa shape index (κ2) is 6.96. The molecule has 0 unspecified atom stereocenters. The number of hydrogen-bond donors (Lipinski definition) is 3. The lowest BCUT2D eigenvalue weighted by Crippen LogP contribution is -1.98. The summed E-state index contributed by atoms with van der Waals surface area (Å²) in [5.41, 5.74) is 0.0555. The average molecular weight is 405 g/mol. The van der Waals surface area contributed by atoms with Gasteiger partial charge in [0.25, 0.3) is 10.1 Å². The Morgan fingerprint density at radius 3 is 2.28 bits per heavy atom. The Morgan fingerprint density at radius 2 is 1.72 bits per heavy atom. The molecule has 0 heterocycles. The van der Waals surface area contributed by atoms with Crippen LogP contribution in [0.4, 0.5) is 11.4 Å². The monoisotopic (exact) mass is 404 g/mol. The van der Waals surface area contributed by atoms with E-state index < -0.39 is 21.0 Å². The molecule has 0 fully saturated rings.